The summed E-state index contributed by atoms with van der Waals surface area (Å²) in [4.78, 5) is 15.5. The number of methoxy groups -OCH3 is 1. The molecule has 3 aromatic rings. The summed E-state index contributed by atoms with van der Waals surface area (Å²) in [5.74, 6) is 0.860. The summed E-state index contributed by atoms with van der Waals surface area (Å²) in [6, 6.07) is 14.2. The molecule has 1 saturated carbocycles. The summed E-state index contributed by atoms with van der Waals surface area (Å²) in [7, 11) is 3.82. The third kappa shape index (κ3) is 4.21. The van der Waals surface area contributed by atoms with Gasteiger partial charge in [0.15, 0.2) is 5.76 Å². The van der Waals surface area contributed by atoms with E-state index in [9.17, 15) is 4.79 Å². The zero-order chi connectivity index (χ0) is 21.1. The van der Waals surface area contributed by atoms with Crippen molar-refractivity contribution in [2.24, 2.45) is 0 Å². The minimum Gasteiger partial charge on any atom is -0.497 e. The Morgan fingerprint density at radius 1 is 1.17 bits per heavy atom. The molecule has 0 radical (unpaired) electrons. The minimum absolute atomic E-state index is 0.226. The maximum Gasteiger partial charge on any atom is 0.291 e. The highest BCUT2D eigenvalue weighted by Crippen LogP contribution is 2.30. The molecule has 0 aliphatic heterocycles. The van der Waals surface area contributed by atoms with Gasteiger partial charge in [-0.3, -0.25) is 9.69 Å². The van der Waals surface area contributed by atoms with Gasteiger partial charge in [-0.25, -0.2) is 0 Å². The lowest BCUT2D eigenvalue weighted by Gasteiger charge is -2.31. The summed E-state index contributed by atoms with van der Waals surface area (Å²) < 4.78 is 11.2. The number of hydrogen-bond donors (Lipinski definition) is 1. The maximum atomic E-state index is 13.0. The lowest BCUT2D eigenvalue weighted by atomic mass is 9.94. The summed E-state index contributed by atoms with van der Waals surface area (Å²) >= 11 is 0. The number of anilines is 1. The van der Waals surface area contributed by atoms with Gasteiger partial charge in [0.05, 0.1) is 7.11 Å². The van der Waals surface area contributed by atoms with Gasteiger partial charge in [-0.1, -0.05) is 37.5 Å². The third-order valence-electron chi connectivity index (χ3n) is 6.23. The Hall–Kier alpha value is -2.79. The molecule has 0 unspecified atom stereocenters. The van der Waals surface area contributed by atoms with E-state index < -0.39 is 0 Å². The fourth-order valence-electron chi connectivity index (χ4n) is 4.42. The van der Waals surface area contributed by atoms with Gasteiger partial charge in [0, 0.05) is 29.2 Å². The average Bonchev–Trinajstić information content (AvgIpc) is 3.11. The summed E-state index contributed by atoms with van der Waals surface area (Å²) in [6.07, 6.45) is 6.48. The van der Waals surface area contributed by atoms with E-state index in [1.807, 2.05) is 43.3 Å². The molecule has 5 heteroatoms. The van der Waals surface area contributed by atoms with E-state index in [0.29, 0.717) is 17.4 Å². The molecule has 1 aromatic heterocycles. The van der Waals surface area contributed by atoms with Gasteiger partial charge < -0.3 is 14.5 Å². The number of fused-ring (bicyclic) bond motifs is 1. The molecule has 1 N–H and O–H groups in total. The number of ether oxygens (including phenoxy) is 1. The zero-order valence-corrected chi connectivity index (χ0v) is 18.0. The number of nitrogens with zero attached hydrogens (tertiary/aromatic N) is 1. The lowest BCUT2D eigenvalue weighted by molar-refractivity contribution is 0.0997. The number of nitrogens with one attached hydrogen (secondary N) is 1. The molecule has 30 heavy (non-hydrogen) atoms. The van der Waals surface area contributed by atoms with Crippen LogP contribution < -0.4 is 10.1 Å². The number of amides is 1. The standard InChI is InChI=1S/C25H30N2O3/c1-17-21-15-20(29-3)13-14-23(21)30-24(17)25(28)26-22-12-8-7-9-18(22)16-27(2)19-10-5-4-6-11-19/h7-9,12-15,19H,4-6,10-11,16H2,1-3H3,(H,26,28). The largest absolute Gasteiger partial charge is 0.497 e. The molecule has 1 aliphatic carbocycles. The van der Waals surface area contributed by atoms with Crippen LogP contribution >= 0.6 is 0 Å². The minimum atomic E-state index is -0.226. The first-order valence-electron chi connectivity index (χ1n) is 10.7. The van der Waals surface area contributed by atoms with E-state index in [0.717, 1.165) is 34.5 Å². The number of aryl methyl sites for hydroxylation is 1. The number of hydrogen-bond acceptors (Lipinski definition) is 4. The molecular formula is C25H30N2O3. The monoisotopic (exact) mass is 406 g/mol. The van der Waals surface area contributed by atoms with E-state index in [-0.39, 0.29) is 5.91 Å². The first-order chi connectivity index (χ1) is 14.6. The molecule has 5 nitrogen and oxygen atoms in total. The van der Waals surface area contributed by atoms with Crippen LogP contribution in [0.4, 0.5) is 5.69 Å². The van der Waals surface area contributed by atoms with Crippen molar-refractivity contribution >= 4 is 22.6 Å². The Kier molecular flexibility index (Phi) is 6.09. The van der Waals surface area contributed by atoms with Crippen LogP contribution in [-0.4, -0.2) is 31.0 Å². The van der Waals surface area contributed by atoms with Crippen molar-refractivity contribution in [3.63, 3.8) is 0 Å². The van der Waals surface area contributed by atoms with Gasteiger partial charge in [-0.15, -0.1) is 0 Å². The van der Waals surface area contributed by atoms with Crippen LogP contribution in [0.2, 0.25) is 0 Å². The quantitative estimate of drug-likeness (QED) is 0.565. The maximum absolute atomic E-state index is 13.0. The second kappa shape index (κ2) is 8.92. The van der Waals surface area contributed by atoms with Crippen LogP contribution in [0.3, 0.4) is 0 Å². The number of furan rings is 1. The molecular weight excluding hydrogens is 376 g/mol. The van der Waals surface area contributed by atoms with Gasteiger partial charge in [-0.2, -0.15) is 0 Å². The van der Waals surface area contributed by atoms with Crippen LogP contribution in [0, 0.1) is 6.92 Å². The second-order valence-electron chi connectivity index (χ2n) is 8.24. The highest BCUT2D eigenvalue weighted by molar-refractivity contribution is 6.06. The van der Waals surface area contributed by atoms with Gasteiger partial charge in [0.2, 0.25) is 0 Å². The SMILES string of the molecule is COc1ccc2oc(C(=O)Nc3ccccc3CN(C)C3CCCCC3)c(C)c2c1. The Balaban J connectivity index is 1.54. The van der Waals surface area contributed by atoms with E-state index in [1.165, 1.54) is 32.1 Å². The molecule has 158 valence electrons. The van der Waals surface area contributed by atoms with Gasteiger partial charge in [-0.05, 0) is 56.6 Å². The molecule has 1 aliphatic rings. The van der Waals surface area contributed by atoms with Crippen molar-refractivity contribution < 1.29 is 13.9 Å². The molecule has 0 bridgehead atoms. The van der Waals surface area contributed by atoms with E-state index in [4.69, 9.17) is 9.15 Å². The van der Waals surface area contributed by atoms with Crippen LogP contribution in [0.1, 0.15) is 53.8 Å². The summed E-state index contributed by atoms with van der Waals surface area (Å²) in [6.45, 7) is 2.72. The lowest BCUT2D eigenvalue weighted by Crippen LogP contribution is -2.33. The molecule has 2 aromatic carbocycles. The molecule has 4 rings (SSSR count). The Bertz CT molecular complexity index is 1030. The van der Waals surface area contributed by atoms with Gasteiger partial charge in [0.1, 0.15) is 11.3 Å². The topological polar surface area (TPSA) is 54.7 Å². The Morgan fingerprint density at radius 2 is 1.93 bits per heavy atom. The predicted octanol–water partition coefficient (Wildman–Crippen LogP) is 5.77. The molecule has 0 atom stereocenters. The van der Waals surface area contributed by atoms with Crippen molar-refractivity contribution in [2.75, 3.05) is 19.5 Å². The third-order valence-corrected chi connectivity index (χ3v) is 6.23. The molecule has 0 saturated heterocycles. The van der Waals surface area contributed by atoms with Gasteiger partial charge in [0.25, 0.3) is 5.91 Å². The smallest absolute Gasteiger partial charge is 0.291 e. The molecule has 1 fully saturated rings. The fraction of sp³-hybridized carbons (Fsp3) is 0.400. The average molecular weight is 407 g/mol. The second-order valence-corrected chi connectivity index (χ2v) is 8.24. The number of rotatable bonds is 6. The van der Waals surface area contributed by atoms with Crippen LogP contribution in [-0.2, 0) is 6.54 Å². The van der Waals surface area contributed by atoms with Crippen LogP contribution in [0.25, 0.3) is 11.0 Å². The van der Waals surface area contributed by atoms with Gasteiger partial charge >= 0.3 is 0 Å². The van der Waals surface area contributed by atoms with Crippen molar-refractivity contribution in [3.05, 3.63) is 59.4 Å². The Labute approximate surface area is 178 Å². The first kappa shape index (κ1) is 20.5. The highest BCUT2D eigenvalue weighted by atomic mass is 16.5. The molecule has 1 amide bonds. The number of benzene rings is 2. The van der Waals surface area contributed by atoms with Crippen molar-refractivity contribution in [1.29, 1.82) is 0 Å². The Morgan fingerprint density at radius 3 is 2.70 bits per heavy atom. The number of carbonyl (C=O) groups is 1. The van der Waals surface area contributed by atoms with Crippen molar-refractivity contribution in [1.82, 2.24) is 4.90 Å². The van der Waals surface area contributed by atoms with Crippen LogP contribution in [0.5, 0.6) is 5.75 Å². The highest BCUT2D eigenvalue weighted by Gasteiger charge is 2.21. The van der Waals surface area contributed by atoms with Crippen molar-refractivity contribution in [2.45, 2.75) is 51.6 Å². The van der Waals surface area contributed by atoms with E-state index in [1.54, 1.807) is 7.11 Å². The molecule has 1 heterocycles. The molecule has 0 spiro atoms. The van der Waals surface area contributed by atoms with E-state index >= 15 is 0 Å². The predicted molar refractivity (Wildman–Crippen MR) is 120 cm³/mol. The number of para-hydroxylation sites is 1. The summed E-state index contributed by atoms with van der Waals surface area (Å²) in [5, 5.41) is 3.97. The van der Waals surface area contributed by atoms with Crippen LogP contribution in [0.15, 0.2) is 46.9 Å². The zero-order valence-electron chi connectivity index (χ0n) is 18.0. The fourth-order valence-corrected chi connectivity index (χ4v) is 4.42. The normalized spacial score (nSPS) is 14.9. The first-order valence-corrected chi connectivity index (χ1v) is 10.7. The van der Waals surface area contributed by atoms with Crippen molar-refractivity contribution in [3.8, 4) is 5.75 Å². The summed E-state index contributed by atoms with van der Waals surface area (Å²) in [5.41, 5.74) is 3.46. The van der Waals surface area contributed by atoms with E-state index in [2.05, 4.69) is 23.3 Å². The number of carbonyl (C=O) groups excluding carboxylic acids is 1.